The summed E-state index contributed by atoms with van der Waals surface area (Å²) in [5.74, 6) is -1.22. The van der Waals surface area contributed by atoms with E-state index in [1.807, 2.05) is 30.3 Å². The average molecular weight is 285 g/mol. The molecule has 0 spiro atoms. The highest BCUT2D eigenvalue weighted by molar-refractivity contribution is 5.89. The molecule has 21 heavy (non-hydrogen) atoms. The molecule has 0 bridgehead atoms. The number of hydrogen-bond acceptors (Lipinski definition) is 5. The summed E-state index contributed by atoms with van der Waals surface area (Å²) in [6.07, 6.45) is 1.84. The number of para-hydroxylation sites is 1. The lowest BCUT2D eigenvalue weighted by Gasteiger charge is -2.08. The fourth-order valence-electron chi connectivity index (χ4n) is 1.76. The van der Waals surface area contributed by atoms with Gasteiger partial charge in [0.2, 0.25) is 0 Å². The summed E-state index contributed by atoms with van der Waals surface area (Å²) in [6, 6.07) is 11.4. The molecule has 1 atom stereocenters. The van der Waals surface area contributed by atoms with Crippen LogP contribution < -0.4 is 0 Å². The van der Waals surface area contributed by atoms with E-state index in [4.69, 9.17) is 4.74 Å². The van der Waals surface area contributed by atoms with Crippen molar-refractivity contribution in [1.82, 2.24) is 4.98 Å². The van der Waals surface area contributed by atoms with E-state index in [1.165, 1.54) is 20.1 Å². The Hall–Kier alpha value is -2.69. The van der Waals surface area contributed by atoms with Gasteiger partial charge in [-0.15, -0.1) is 0 Å². The number of hydrogen-bond donors (Lipinski definition) is 0. The maximum atomic E-state index is 11.6. The van der Waals surface area contributed by atoms with E-state index in [9.17, 15) is 9.59 Å². The van der Waals surface area contributed by atoms with Gasteiger partial charge in [0.05, 0.1) is 18.3 Å². The number of carbonyl (C=O) groups excluding carboxylic acids is 2. The molecule has 5 heteroatoms. The molecule has 0 radical (unpaired) electrons. The average Bonchev–Trinajstić information content (AvgIpc) is 2.51. The molecule has 2 aromatic rings. The predicted molar refractivity (Wildman–Crippen MR) is 78.3 cm³/mol. The standard InChI is InChI=1S/C16H15NO4/c1-11(16(19)20-2)21-15(18)10-9-13-8-7-12-5-3-4-6-14(12)17-13/h3-11H,1-2H3/b10-9+/t11-/m1/s1. The predicted octanol–water partition coefficient (Wildman–Crippen LogP) is 2.35. The monoisotopic (exact) mass is 285 g/mol. The van der Waals surface area contributed by atoms with Crippen LogP contribution in [0.3, 0.4) is 0 Å². The molecule has 0 unspecified atom stereocenters. The highest BCUT2D eigenvalue weighted by atomic mass is 16.6. The summed E-state index contributed by atoms with van der Waals surface area (Å²) < 4.78 is 9.36. The molecule has 0 amide bonds. The van der Waals surface area contributed by atoms with Crippen molar-refractivity contribution in [3.8, 4) is 0 Å². The van der Waals surface area contributed by atoms with Gasteiger partial charge in [-0.25, -0.2) is 14.6 Å². The molecular weight excluding hydrogens is 270 g/mol. The Labute approximate surface area is 122 Å². The smallest absolute Gasteiger partial charge is 0.346 e. The quantitative estimate of drug-likeness (QED) is 0.637. The van der Waals surface area contributed by atoms with Gasteiger partial charge in [0, 0.05) is 11.5 Å². The zero-order valence-corrected chi connectivity index (χ0v) is 11.8. The highest BCUT2D eigenvalue weighted by Gasteiger charge is 2.16. The van der Waals surface area contributed by atoms with E-state index in [2.05, 4.69) is 9.72 Å². The van der Waals surface area contributed by atoms with Crippen LogP contribution in [0, 0.1) is 0 Å². The molecular formula is C16H15NO4. The fraction of sp³-hybridized carbons (Fsp3) is 0.188. The highest BCUT2D eigenvalue weighted by Crippen LogP contribution is 2.12. The molecule has 1 aromatic carbocycles. The molecule has 0 aliphatic rings. The number of nitrogens with zero attached hydrogens (tertiary/aromatic N) is 1. The second-order valence-electron chi connectivity index (χ2n) is 4.36. The van der Waals surface area contributed by atoms with Crippen LogP contribution in [0.2, 0.25) is 0 Å². The Balaban J connectivity index is 2.05. The molecule has 0 saturated heterocycles. The third-order valence-corrected chi connectivity index (χ3v) is 2.84. The summed E-state index contributed by atoms with van der Waals surface area (Å²) >= 11 is 0. The van der Waals surface area contributed by atoms with E-state index in [-0.39, 0.29) is 0 Å². The zero-order valence-electron chi connectivity index (χ0n) is 11.8. The molecule has 0 aliphatic heterocycles. The number of fused-ring (bicyclic) bond motifs is 1. The summed E-state index contributed by atoms with van der Waals surface area (Å²) in [5.41, 5.74) is 1.48. The summed E-state index contributed by atoms with van der Waals surface area (Å²) in [6.45, 7) is 1.45. The van der Waals surface area contributed by atoms with Crippen molar-refractivity contribution in [3.05, 3.63) is 48.2 Å². The number of methoxy groups -OCH3 is 1. The molecule has 1 aromatic heterocycles. The molecule has 108 valence electrons. The van der Waals surface area contributed by atoms with Crippen molar-refractivity contribution in [1.29, 1.82) is 0 Å². The van der Waals surface area contributed by atoms with Gasteiger partial charge in [-0.05, 0) is 25.1 Å². The van der Waals surface area contributed by atoms with Gasteiger partial charge in [-0.1, -0.05) is 24.3 Å². The molecule has 0 aliphatic carbocycles. The SMILES string of the molecule is COC(=O)[C@@H](C)OC(=O)/C=C/c1ccc2ccccc2n1. The number of aromatic nitrogens is 1. The van der Waals surface area contributed by atoms with Crippen LogP contribution in [-0.2, 0) is 19.1 Å². The van der Waals surface area contributed by atoms with Gasteiger partial charge >= 0.3 is 11.9 Å². The maximum absolute atomic E-state index is 11.6. The van der Waals surface area contributed by atoms with Crippen LogP contribution in [0.5, 0.6) is 0 Å². The van der Waals surface area contributed by atoms with Crippen molar-refractivity contribution in [3.63, 3.8) is 0 Å². The first-order valence-corrected chi connectivity index (χ1v) is 6.42. The molecule has 5 nitrogen and oxygen atoms in total. The van der Waals surface area contributed by atoms with Gasteiger partial charge in [-0.3, -0.25) is 0 Å². The van der Waals surface area contributed by atoms with E-state index in [0.29, 0.717) is 5.69 Å². The Morgan fingerprint density at radius 2 is 1.95 bits per heavy atom. The van der Waals surface area contributed by atoms with Crippen molar-refractivity contribution in [2.45, 2.75) is 13.0 Å². The van der Waals surface area contributed by atoms with Gasteiger partial charge in [0.1, 0.15) is 0 Å². The Morgan fingerprint density at radius 1 is 1.19 bits per heavy atom. The minimum absolute atomic E-state index is 0.597. The van der Waals surface area contributed by atoms with Crippen molar-refractivity contribution >= 4 is 28.9 Å². The first-order chi connectivity index (χ1) is 10.1. The van der Waals surface area contributed by atoms with Crippen molar-refractivity contribution in [2.75, 3.05) is 7.11 Å². The summed E-state index contributed by atoms with van der Waals surface area (Å²) in [5, 5.41) is 1.02. The second-order valence-corrected chi connectivity index (χ2v) is 4.36. The van der Waals surface area contributed by atoms with Gasteiger partial charge in [0.25, 0.3) is 0 Å². The Morgan fingerprint density at radius 3 is 2.71 bits per heavy atom. The third kappa shape index (κ3) is 3.89. The van der Waals surface area contributed by atoms with Crippen LogP contribution in [-0.4, -0.2) is 30.1 Å². The Bertz CT molecular complexity index is 693. The third-order valence-electron chi connectivity index (χ3n) is 2.84. The van der Waals surface area contributed by atoms with Crippen molar-refractivity contribution in [2.24, 2.45) is 0 Å². The Kier molecular flexibility index (Phi) is 4.66. The van der Waals surface area contributed by atoms with Crippen molar-refractivity contribution < 1.29 is 19.1 Å². The summed E-state index contributed by atoms with van der Waals surface area (Å²) in [7, 11) is 1.24. The zero-order chi connectivity index (χ0) is 15.2. The number of ether oxygens (including phenoxy) is 2. The minimum atomic E-state index is -0.934. The van der Waals surface area contributed by atoms with Crippen LogP contribution in [0.15, 0.2) is 42.5 Å². The van der Waals surface area contributed by atoms with E-state index in [0.717, 1.165) is 10.9 Å². The molecule has 2 rings (SSSR count). The largest absolute Gasteiger partial charge is 0.466 e. The van der Waals surface area contributed by atoms with Crippen LogP contribution in [0.1, 0.15) is 12.6 Å². The normalized spacial score (nSPS) is 12.3. The maximum Gasteiger partial charge on any atom is 0.346 e. The van der Waals surface area contributed by atoms with Crippen LogP contribution in [0.25, 0.3) is 17.0 Å². The number of pyridine rings is 1. The number of esters is 2. The fourth-order valence-corrected chi connectivity index (χ4v) is 1.76. The molecule has 0 N–H and O–H groups in total. The lowest BCUT2D eigenvalue weighted by Crippen LogP contribution is -2.24. The summed E-state index contributed by atoms with van der Waals surface area (Å²) in [4.78, 5) is 27.1. The van der Waals surface area contributed by atoms with Gasteiger partial charge < -0.3 is 9.47 Å². The number of carbonyl (C=O) groups is 2. The van der Waals surface area contributed by atoms with E-state index >= 15 is 0 Å². The van der Waals surface area contributed by atoms with Crippen LogP contribution >= 0.6 is 0 Å². The topological polar surface area (TPSA) is 65.5 Å². The minimum Gasteiger partial charge on any atom is -0.466 e. The van der Waals surface area contributed by atoms with Gasteiger partial charge in [-0.2, -0.15) is 0 Å². The lowest BCUT2D eigenvalue weighted by molar-refractivity contribution is -0.161. The molecule has 0 fully saturated rings. The lowest BCUT2D eigenvalue weighted by atomic mass is 10.2. The first-order valence-electron chi connectivity index (χ1n) is 6.42. The first kappa shape index (κ1) is 14.7. The second kappa shape index (κ2) is 6.65. The number of rotatable bonds is 4. The number of benzene rings is 1. The van der Waals surface area contributed by atoms with Gasteiger partial charge in [0.15, 0.2) is 6.10 Å². The van der Waals surface area contributed by atoms with E-state index in [1.54, 1.807) is 12.1 Å². The molecule has 1 heterocycles. The van der Waals surface area contributed by atoms with E-state index < -0.39 is 18.0 Å². The molecule has 0 saturated carbocycles. The van der Waals surface area contributed by atoms with Crippen LogP contribution in [0.4, 0.5) is 0 Å².